The Balaban J connectivity index is 1.80. The zero-order chi connectivity index (χ0) is 14.8. The minimum Gasteiger partial charge on any atom is -0.492 e. The monoisotopic (exact) mass is 285 g/mol. The van der Waals surface area contributed by atoms with E-state index in [-0.39, 0.29) is 5.91 Å². The van der Waals surface area contributed by atoms with Crippen molar-refractivity contribution in [3.05, 3.63) is 47.3 Å². The van der Waals surface area contributed by atoms with Crippen LogP contribution in [-0.2, 0) is 13.6 Å². The summed E-state index contributed by atoms with van der Waals surface area (Å²) in [7, 11) is 1.89. The van der Waals surface area contributed by atoms with Gasteiger partial charge in [0, 0.05) is 37.1 Å². The molecule has 2 heterocycles. The predicted octanol–water partition coefficient (Wildman–Crippen LogP) is 2.07. The smallest absolute Gasteiger partial charge is 0.272 e. The molecule has 1 aromatic heterocycles. The minimum atomic E-state index is -0.104. The number of carbonyl (C=O) groups excluding carboxylic acids is 1. The molecule has 0 radical (unpaired) electrons. The number of carbonyl (C=O) groups is 1. The number of nitrogens with one attached hydrogen (secondary N) is 2. The van der Waals surface area contributed by atoms with Gasteiger partial charge in [-0.05, 0) is 37.3 Å². The molecule has 0 bridgehead atoms. The van der Waals surface area contributed by atoms with Crippen molar-refractivity contribution in [3.8, 4) is 5.75 Å². The fourth-order valence-electron chi connectivity index (χ4n) is 2.43. The second-order valence-electron chi connectivity index (χ2n) is 5.22. The lowest BCUT2D eigenvalue weighted by Crippen LogP contribution is -2.17. The standard InChI is InChI=1S/C16H19N3O2/c1-11-3-5-14(19(11)2)16(20)18-13-4-6-15-12(9-13)10-17-7-8-21-15/h3-6,9,17H,7-8,10H2,1-2H3,(H,18,20). The Morgan fingerprint density at radius 3 is 2.95 bits per heavy atom. The highest BCUT2D eigenvalue weighted by Gasteiger charge is 2.13. The van der Waals surface area contributed by atoms with Gasteiger partial charge in [0.1, 0.15) is 18.1 Å². The SMILES string of the molecule is Cc1ccc(C(=O)Nc2ccc3c(c2)CNCCO3)n1C. The Bertz CT molecular complexity index is 676. The number of ether oxygens (including phenoxy) is 1. The zero-order valence-corrected chi connectivity index (χ0v) is 12.3. The summed E-state index contributed by atoms with van der Waals surface area (Å²) >= 11 is 0. The van der Waals surface area contributed by atoms with E-state index in [1.165, 1.54) is 0 Å². The van der Waals surface area contributed by atoms with Crippen LogP contribution in [0.25, 0.3) is 0 Å². The van der Waals surface area contributed by atoms with Crippen LogP contribution in [0.5, 0.6) is 5.75 Å². The van der Waals surface area contributed by atoms with Crippen LogP contribution < -0.4 is 15.4 Å². The lowest BCUT2D eigenvalue weighted by molar-refractivity contribution is 0.101. The molecule has 2 N–H and O–H groups in total. The Morgan fingerprint density at radius 2 is 2.19 bits per heavy atom. The summed E-state index contributed by atoms with van der Waals surface area (Å²) in [6, 6.07) is 9.51. The Hall–Kier alpha value is -2.27. The van der Waals surface area contributed by atoms with Gasteiger partial charge in [-0.15, -0.1) is 0 Å². The van der Waals surface area contributed by atoms with Gasteiger partial charge in [0.15, 0.2) is 0 Å². The molecule has 0 saturated carbocycles. The van der Waals surface area contributed by atoms with Crippen molar-refractivity contribution < 1.29 is 9.53 Å². The summed E-state index contributed by atoms with van der Waals surface area (Å²) in [6.07, 6.45) is 0. The molecule has 1 amide bonds. The molecule has 0 atom stereocenters. The molecule has 3 rings (SSSR count). The van der Waals surface area contributed by atoms with Crippen LogP contribution in [0.3, 0.4) is 0 Å². The molecule has 0 aliphatic carbocycles. The van der Waals surface area contributed by atoms with E-state index in [0.717, 1.165) is 35.8 Å². The van der Waals surface area contributed by atoms with Gasteiger partial charge in [-0.3, -0.25) is 4.79 Å². The van der Waals surface area contributed by atoms with E-state index in [1.54, 1.807) is 0 Å². The molecule has 0 unspecified atom stereocenters. The number of nitrogens with zero attached hydrogens (tertiary/aromatic N) is 1. The number of anilines is 1. The molecular weight excluding hydrogens is 266 g/mol. The normalized spacial score (nSPS) is 14.0. The molecule has 5 heteroatoms. The Morgan fingerprint density at radius 1 is 1.33 bits per heavy atom. The third kappa shape index (κ3) is 2.78. The van der Waals surface area contributed by atoms with Crippen LogP contribution >= 0.6 is 0 Å². The topological polar surface area (TPSA) is 55.3 Å². The predicted molar refractivity (Wildman–Crippen MR) is 81.7 cm³/mol. The van der Waals surface area contributed by atoms with Crippen LogP contribution in [-0.4, -0.2) is 23.6 Å². The maximum absolute atomic E-state index is 12.3. The summed E-state index contributed by atoms with van der Waals surface area (Å²) in [4.78, 5) is 12.3. The maximum Gasteiger partial charge on any atom is 0.272 e. The number of fused-ring (bicyclic) bond motifs is 1. The van der Waals surface area contributed by atoms with Gasteiger partial charge in [-0.2, -0.15) is 0 Å². The van der Waals surface area contributed by atoms with Gasteiger partial charge in [0.2, 0.25) is 0 Å². The summed E-state index contributed by atoms with van der Waals surface area (Å²) in [6.45, 7) is 4.23. The van der Waals surface area contributed by atoms with Gasteiger partial charge < -0.3 is 19.9 Å². The molecule has 0 spiro atoms. The average molecular weight is 285 g/mol. The van der Waals surface area contributed by atoms with Crippen LogP contribution in [0, 0.1) is 6.92 Å². The molecule has 1 aliphatic heterocycles. The molecule has 0 saturated heterocycles. The molecule has 0 fully saturated rings. The highest BCUT2D eigenvalue weighted by atomic mass is 16.5. The number of aryl methyl sites for hydroxylation is 1. The van der Waals surface area contributed by atoms with E-state index in [1.807, 2.05) is 48.9 Å². The molecule has 5 nitrogen and oxygen atoms in total. The first-order valence-corrected chi connectivity index (χ1v) is 7.05. The molecular formula is C16H19N3O2. The van der Waals surface area contributed by atoms with Crippen molar-refractivity contribution in [2.45, 2.75) is 13.5 Å². The van der Waals surface area contributed by atoms with Crippen LogP contribution in [0.1, 0.15) is 21.7 Å². The van der Waals surface area contributed by atoms with Crippen LogP contribution in [0.2, 0.25) is 0 Å². The Labute approximate surface area is 123 Å². The second kappa shape index (κ2) is 5.61. The molecule has 2 aromatic rings. The van der Waals surface area contributed by atoms with Gasteiger partial charge >= 0.3 is 0 Å². The zero-order valence-electron chi connectivity index (χ0n) is 12.3. The Kier molecular flexibility index (Phi) is 3.66. The third-order valence-electron chi connectivity index (χ3n) is 3.78. The number of rotatable bonds is 2. The first-order valence-electron chi connectivity index (χ1n) is 7.05. The van der Waals surface area contributed by atoms with Gasteiger partial charge in [-0.1, -0.05) is 0 Å². The highest BCUT2D eigenvalue weighted by Crippen LogP contribution is 2.24. The number of benzene rings is 1. The first kappa shape index (κ1) is 13.7. The van der Waals surface area contributed by atoms with Gasteiger partial charge in [-0.25, -0.2) is 0 Å². The summed E-state index contributed by atoms with van der Waals surface area (Å²) in [5.74, 6) is 0.778. The van der Waals surface area contributed by atoms with E-state index in [4.69, 9.17) is 4.74 Å². The van der Waals surface area contributed by atoms with E-state index < -0.39 is 0 Å². The number of amides is 1. The molecule has 21 heavy (non-hydrogen) atoms. The minimum absolute atomic E-state index is 0.104. The number of hydrogen-bond donors (Lipinski definition) is 2. The molecule has 110 valence electrons. The maximum atomic E-state index is 12.3. The quantitative estimate of drug-likeness (QED) is 0.888. The average Bonchev–Trinajstić information content (AvgIpc) is 2.68. The fraction of sp³-hybridized carbons (Fsp3) is 0.312. The lowest BCUT2D eigenvalue weighted by atomic mass is 10.1. The van der Waals surface area contributed by atoms with Crippen LogP contribution in [0.15, 0.2) is 30.3 Å². The third-order valence-corrected chi connectivity index (χ3v) is 3.78. The summed E-state index contributed by atoms with van der Waals surface area (Å²) in [5.41, 5.74) is 3.55. The van der Waals surface area contributed by atoms with Gasteiger partial charge in [0.05, 0.1) is 0 Å². The van der Waals surface area contributed by atoms with Crippen molar-refractivity contribution in [1.29, 1.82) is 0 Å². The van der Waals surface area contributed by atoms with Crippen molar-refractivity contribution in [3.63, 3.8) is 0 Å². The van der Waals surface area contributed by atoms with Gasteiger partial charge in [0.25, 0.3) is 5.91 Å². The molecule has 1 aliphatic rings. The highest BCUT2D eigenvalue weighted by molar-refractivity contribution is 6.03. The van der Waals surface area contributed by atoms with E-state index in [9.17, 15) is 4.79 Å². The van der Waals surface area contributed by atoms with Crippen molar-refractivity contribution >= 4 is 11.6 Å². The van der Waals surface area contributed by atoms with Crippen molar-refractivity contribution in [2.75, 3.05) is 18.5 Å². The van der Waals surface area contributed by atoms with E-state index in [2.05, 4.69) is 10.6 Å². The van der Waals surface area contributed by atoms with Crippen molar-refractivity contribution in [2.24, 2.45) is 7.05 Å². The molecule has 1 aromatic carbocycles. The second-order valence-corrected chi connectivity index (χ2v) is 5.22. The van der Waals surface area contributed by atoms with E-state index in [0.29, 0.717) is 12.3 Å². The van der Waals surface area contributed by atoms with Crippen LogP contribution in [0.4, 0.5) is 5.69 Å². The fourth-order valence-corrected chi connectivity index (χ4v) is 2.43. The van der Waals surface area contributed by atoms with E-state index >= 15 is 0 Å². The number of hydrogen-bond acceptors (Lipinski definition) is 3. The summed E-state index contributed by atoms with van der Waals surface area (Å²) in [5, 5.41) is 6.23. The number of aromatic nitrogens is 1. The lowest BCUT2D eigenvalue weighted by Gasteiger charge is -2.11. The summed E-state index contributed by atoms with van der Waals surface area (Å²) < 4.78 is 7.51. The largest absolute Gasteiger partial charge is 0.492 e. The first-order chi connectivity index (χ1) is 10.1. The van der Waals surface area contributed by atoms with Crippen molar-refractivity contribution in [1.82, 2.24) is 9.88 Å².